The number of ether oxygens (including phenoxy) is 1. The zero-order chi connectivity index (χ0) is 15.0. The fraction of sp³-hybridized carbons (Fsp3) is 0.562. The number of carbonyl (C=O) groups is 1. The minimum atomic E-state index is -0.165. The fourth-order valence-electron chi connectivity index (χ4n) is 1.66. The average molecular weight is 278 g/mol. The summed E-state index contributed by atoms with van der Waals surface area (Å²) in [5.41, 5.74) is 1.81. The predicted octanol–water partition coefficient (Wildman–Crippen LogP) is 3.95. The molecule has 0 aliphatic heterocycles. The molecule has 0 aliphatic rings. The van der Waals surface area contributed by atoms with Crippen LogP contribution in [-0.4, -0.2) is 19.2 Å². The molecular formula is C16H26N2O2. The van der Waals surface area contributed by atoms with Crippen molar-refractivity contribution in [2.45, 2.75) is 40.5 Å². The molecule has 112 valence electrons. The molecule has 0 aromatic heterocycles. The van der Waals surface area contributed by atoms with Crippen LogP contribution in [0, 0.1) is 12.8 Å². The molecule has 2 N–H and O–H groups in total. The number of hydrogen-bond donors (Lipinski definition) is 2. The van der Waals surface area contributed by atoms with E-state index >= 15 is 0 Å². The van der Waals surface area contributed by atoms with Crippen LogP contribution in [0.25, 0.3) is 0 Å². The Labute approximate surface area is 121 Å². The lowest BCUT2D eigenvalue weighted by Gasteiger charge is -2.13. The zero-order valence-corrected chi connectivity index (χ0v) is 13.0. The summed E-state index contributed by atoms with van der Waals surface area (Å²) >= 11 is 0. The quantitative estimate of drug-likeness (QED) is 0.742. The molecule has 0 radical (unpaired) electrons. The van der Waals surface area contributed by atoms with Gasteiger partial charge in [0.25, 0.3) is 0 Å². The van der Waals surface area contributed by atoms with Crippen molar-refractivity contribution in [1.29, 1.82) is 0 Å². The molecule has 1 aromatic carbocycles. The Balaban J connectivity index is 2.52. The Bertz CT molecular complexity index is 430. The number of anilines is 1. The normalized spacial score (nSPS) is 10.4. The van der Waals surface area contributed by atoms with E-state index < -0.39 is 0 Å². The van der Waals surface area contributed by atoms with Gasteiger partial charge >= 0.3 is 6.03 Å². The minimum Gasteiger partial charge on any atom is -0.494 e. The number of nitrogens with one attached hydrogen (secondary N) is 2. The average Bonchev–Trinajstić information content (AvgIpc) is 2.40. The van der Waals surface area contributed by atoms with E-state index in [-0.39, 0.29) is 6.03 Å². The van der Waals surface area contributed by atoms with Crippen LogP contribution in [0.5, 0.6) is 5.75 Å². The largest absolute Gasteiger partial charge is 0.494 e. The van der Waals surface area contributed by atoms with E-state index in [1.54, 1.807) is 0 Å². The first-order chi connectivity index (χ1) is 9.52. The summed E-state index contributed by atoms with van der Waals surface area (Å²) in [6.07, 6.45) is 2.17. The van der Waals surface area contributed by atoms with E-state index in [4.69, 9.17) is 4.74 Å². The predicted molar refractivity (Wildman–Crippen MR) is 83.4 cm³/mol. The van der Waals surface area contributed by atoms with Crippen LogP contribution in [0.15, 0.2) is 18.2 Å². The fourth-order valence-corrected chi connectivity index (χ4v) is 1.66. The first kappa shape index (κ1) is 16.3. The van der Waals surface area contributed by atoms with Crippen LogP contribution in [0.1, 0.15) is 39.2 Å². The van der Waals surface area contributed by atoms with E-state index in [2.05, 4.69) is 31.4 Å². The van der Waals surface area contributed by atoms with Crippen molar-refractivity contribution in [2.24, 2.45) is 5.92 Å². The van der Waals surface area contributed by atoms with Gasteiger partial charge in [0.05, 0.1) is 6.61 Å². The second-order valence-electron chi connectivity index (χ2n) is 5.41. The molecule has 0 saturated carbocycles. The van der Waals surface area contributed by atoms with Gasteiger partial charge in [0.1, 0.15) is 5.75 Å². The molecule has 1 rings (SSSR count). The maximum atomic E-state index is 11.7. The van der Waals surface area contributed by atoms with Gasteiger partial charge in [-0.25, -0.2) is 4.79 Å². The smallest absolute Gasteiger partial charge is 0.319 e. The summed E-state index contributed by atoms with van der Waals surface area (Å²) < 4.78 is 5.64. The van der Waals surface area contributed by atoms with Crippen molar-refractivity contribution >= 4 is 11.7 Å². The molecule has 0 fully saturated rings. The lowest BCUT2D eigenvalue weighted by Crippen LogP contribution is -2.31. The number of hydrogen-bond acceptors (Lipinski definition) is 2. The summed E-state index contributed by atoms with van der Waals surface area (Å²) in [5, 5.41) is 5.69. The van der Waals surface area contributed by atoms with E-state index in [9.17, 15) is 4.79 Å². The van der Waals surface area contributed by atoms with Gasteiger partial charge in [-0.3, -0.25) is 0 Å². The molecule has 4 nitrogen and oxygen atoms in total. The SMILES string of the molecule is CCCCOc1ccc(NC(=O)NCC(C)C)c(C)c1. The highest BCUT2D eigenvalue weighted by Gasteiger charge is 2.06. The standard InChI is InChI=1S/C16H26N2O2/c1-5-6-9-20-14-7-8-15(13(4)10-14)18-16(19)17-11-12(2)3/h7-8,10,12H,5-6,9,11H2,1-4H3,(H2,17,18,19). The number of amides is 2. The lowest BCUT2D eigenvalue weighted by molar-refractivity contribution is 0.251. The maximum Gasteiger partial charge on any atom is 0.319 e. The van der Waals surface area contributed by atoms with Crippen molar-refractivity contribution in [1.82, 2.24) is 5.32 Å². The molecule has 0 bridgehead atoms. The number of unbranched alkanes of at least 4 members (excludes halogenated alkanes) is 1. The topological polar surface area (TPSA) is 50.4 Å². The molecule has 0 heterocycles. The molecule has 0 unspecified atom stereocenters. The molecule has 0 saturated heterocycles. The first-order valence-corrected chi connectivity index (χ1v) is 7.31. The van der Waals surface area contributed by atoms with Gasteiger partial charge in [-0.2, -0.15) is 0 Å². The van der Waals surface area contributed by atoms with Crippen LogP contribution >= 0.6 is 0 Å². The molecule has 0 atom stereocenters. The highest BCUT2D eigenvalue weighted by atomic mass is 16.5. The third-order valence-corrected chi connectivity index (χ3v) is 2.88. The summed E-state index contributed by atoms with van der Waals surface area (Å²) in [4.78, 5) is 11.7. The van der Waals surface area contributed by atoms with Gasteiger partial charge in [-0.05, 0) is 43.0 Å². The summed E-state index contributed by atoms with van der Waals surface area (Å²) in [5.74, 6) is 1.29. The minimum absolute atomic E-state index is 0.165. The molecule has 0 spiro atoms. The van der Waals surface area contributed by atoms with Crippen molar-refractivity contribution in [3.63, 3.8) is 0 Å². The third-order valence-electron chi connectivity index (χ3n) is 2.88. The summed E-state index contributed by atoms with van der Waals surface area (Å²) in [6, 6.07) is 5.56. The lowest BCUT2D eigenvalue weighted by atomic mass is 10.2. The van der Waals surface area contributed by atoms with Crippen molar-refractivity contribution in [2.75, 3.05) is 18.5 Å². The van der Waals surface area contributed by atoms with Crippen molar-refractivity contribution in [3.05, 3.63) is 23.8 Å². The number of rotatable bonds is 7. The van der Waals surface area contributed by atoms with Gasteiger partial charge < -0.3 is 15.4 Å². The second kappa shape index (κ2) is 8.46. The van der Waals surface area contributed by atoms with Gasteiger partial charge in [0, 0.05) is 12.2 Å². The van der Waals surface area contributed by atoms with Gasteiger partial charge in [0.2, 0.25) is 0 Å². The number of benzene rings is 1. The second-order valence-corrected chi connectivity index (χ2v) is 5.41. The van der Waals surface area contributed by atoms with E-state index in [1.807, 2.05) is 25.1 Å². The van der Waals surface area contributed by atoms with Crippen molar-refractivity contribution in [3.8, 4) is 5.75 Å². The van der Waals surface area contributed by atoms with E-state index in [0.29, 0.717) is 12.5 Å². The molecule has 1 aromatic rings. The Morgan fingerprint density at radius 2 is 2.10 bits per heavy atom. The van der Waals surface area contributed by atoms with Crippen LogP contribution in [-0.2, 0) is 0 Å². The summed E-state index contributed by atoms with van der Waals surface area (Å²) in [6.45, 7) is 9.63. The Kier molecular flexibility index (Phi) is 6.91. The highest BCUT2D eigenvalue weighted by molar-refractivity contribution is 5.90. The maximum absolute atomic E-state index is 11.7. The Morgan fingerprint density at radius 1 is 1.35 bits per heavy atom. The number of carbonyl (C=O) groups excluding carboxylic acids is 1. The Morgan fingerprint density at radius 3 is 2.70 bits per heavy atom. The molecule has 4 heteroatoms. The first-order valence-electron chi connectivity index (χ1n) is 7.31. The van der Waals surface area contributed by atoms with Crippen LogP contribution in [0.2, 0.25) is 0 Å². The van der Waals surface area contributed by atoms with Crippen LogP contribution < -0.4 is 15.4 Å². The van der Waals surface area contributed by atoms with Crippen LogP contribution in [0.4, 0.5) is 10.5 Å². The van der Waals surface area contributed by atoms with Gasteiger partial charge in [-0.15, -0.1) is 0 Å². The molecule has 0 aliphatic carbocycles. The van der Waals surface area contributed by atoms with E-state index in [1.165, 1.54) is 0 Å². The van der Waals surface area contributed by atoms with Crippen molar-refractivity contribution < 1.29 is 9.53 Å². The highest BCUT2D eigenvalue weighted by Crippen LogP contribution is 2.21. The Hall–Kier alpha value is -1.71. The monoisotopic (exact) mass is 278 g/mol. The number of aryl methyl sites for hydroxylation is 1. The summed E-state index contributed by atoms with van der Waals surface area (Å²) in [7, 11) is 0. The molecule has 20 heavy (non-hydrogen) atoms. The van der Waals surface area contributed by atoms with Crippen LogP contribution in [0.3, 0.4) is 0 Å². The number of urea groups is 1. The zero-order valence-electron chi connectivity index (χ0n) is 13.0. The molecule has 2 amide bonds. The third kappa shape index (κ3) is 5.95. The van der Waals surface area contributed by atoms with E-state index in [0.717, 1.165) is 36.4 Å². The van der Waals surface area contributed by atoms with Gasteiger partial charge in [-0.1, -0.05) is 27.2 Å². The molecular weight excluding hydrogens is 252 g/mol. The van der Waals surface area contributed by atoms with Gasteiger partial charge in [0.15, 0.2) is 0 Å².